The van der Waals surface area contributed by atoms with Crippen molar-refractivity contribution in [2.75, 3.05) is 24.7 Å². The van der Waals surface area contributed by atoms with Crippen molar-refractivity contribution in [1.82, 2.24) is 9.55 Å². The first-order chi connectivity index (χ1) is 12.2. The lowest BCUT2D eigenvalue weighted by molar-refractivity contribution is 0.0694. The molecule has 3 rings (SSSR count). The third-order valence-corrected chi connectivity index (χ3v) is 4.65. The lowest BCUT2D eigenvalue weighted by atomic mass is 10.1. The predicted octanol–water partition coefficient (Wildman–Crippen LogP) is 1.90. The number of alkyl halides is 1. The van der Waals surface area contributed by atoms with Crippen LogP contribution in [0.15, 0.2) is 17.1 Å². The minimum Gasteiger partial charge on any atom is -0.477 e. The Morgan fingerprint density at radius 3 is 2.67 bits per heavy atom. The highest BCUT2D eigenvalue weighted by molar-refractivity contribution is 5.92. The number of hydrogen-bond donors (Lipinski definition) is 2. The zero-order valence-corrected chi connectivity index (χ0v) is 15.7. The number of aromatic carboxylic acids is 1. The maximum atomic E-state index is 14.6. The van der Waals surface area contributed by atoms with Gasteiger partial charge in [-0.3, -0.25) is 4.79 Å². The molecule has 0 aromatic carbocycles. The van der Waals surface area contributed by atoms with Crippen LogP contribution in [-0.4, -0.2) is 46.4 Å². The molecular weight excluding hydrogens is 382 g/mol. The van der Waals surface area contributed by atoms with Gasteiger partial charge in [0.15, 0.2) is 11.6 Å². The van der Waals surface area contributed by atoms with E-state index in [0.29, 0.717) is 19.5 Å². The van der Waals surface area contributed by atoms with Gasteiger partial charge in [0.2, 0.25) is 5.43 Å². The van der Waals surface area contributed by atoms with E-state index in [4.69, 9.17) is 5.73 Å². The minimum atomic E-state index is -1.46. The molecule has 0 radical (unpaired) electrons. The van der Waals surface area contributed by atoms with Gasteiger partial charge in [-0.25, -0.2) is 18.6 Å². The van der Waals surface area contributed by atoms with Crippen LogP contribution in [0.1, 0.15) is 30.6 Å². The third-order valence-electron chi connectivity index (χ3n) is 4.65. The second kappa shape index (κ2) is 7.40. The lowest BCUT2D eigenvalue weighted by Crippen LogP contribution is -2.33. The number of halogens is 3. The van der Waals surface area contributed by atoms with E-state index >= 15 is 0 Å². The van der Waals surface area contributed by atoms with Crippen LogP contribution in [0.3, 0.4) is 0 Å². The monoisotopic (exact) mass is 402 g/mol. The molecule has 0 aliphatic carbocycles. The van der Waals surface area contributed by atoms with Crippen molar-refractivity contribution in [3.05, 3.63) is 33.9 Å². The van der Waals surface area contributed by atoms with Gasteiger partial charge in [-0.15, -0.1) is 12.4 Å². The summed E-state index contributed by atoms with van der Waals surface area (Å²) < 4.78 is 29.5. The smallest absolute Gasteiger partial charge is 0.341 e. The molecular formula is C17H21ClF2N4O3. The number of hydrogen-bond acceptors (Lipinski definition) is 5. The van der Waals surface area contributed by atoms with Crippen LogP contribution in [0.2, 0.25) is 0 Å². The number of carboxylic acids is 1. The molecule has 0 bridgehead atoms. The van der Waals surface area contributed by atoms with E-state index in [1.54, 1.807) is 18.7 Å². The predicted molar refractivity (Wildman–Crippen MR) is 100 cm³/mol. The van der Waals surface area contributed by atoms with Gasteiger partial charge in [-0.05, 0) is 26.3 Å². The molecule has 1 atom stereocenters. The summed E-state index contributed by atoms with van der Waals surface area (Å²) in [6.07, 6.45) is 1.75. The molecule has 0 unspecified atom stereocenters. The normalized spacial score (nSPS) is 17.2. The fourth-order valence-corrected chi connectivity index (χ4v) is 3.09. The minimum absolute atomic E-state index is 0. The third kappa shape index (κ3) is 3.61. The standard InChI is InChI=1S/C17H20F2N4O3.ClH/c1-17(2,8-18)23-7-11(16(25)26)13(24)10-5-12(19)15(21-14(10)23)22-4-3-9(20)6-22;/h5,7,9H,3-4,6,8,20H2,1-2H3,(H,25,26);1H/t9-;/m0./s1. The molecule has 2 aromatic rings. The van der Waals surface area contributed by atoms with Crippen LogP contribution >= 0.6 is 12.4 Å². The molecule has 1 aliphatic heterocycles. The number of rotatable bonds is 4. The van der Waals surface area contributed by atoms with Gasteiger partial charge in [0.05, 0.1) is 10.9 Å². The maximum Gasteiger partial charge on any atom is 0.341 e. The number of aromatic nitrogens is 2. The number of carbonyl (C=O) groups is 1. The first-order valence-electron chi connectivity index (χ1n) is 8.22. The van der Waals surface area contributed by atoms with Crippen molar-refractivity contribution in [3.63, 3.8) is 0 Å². The summed E-state index contributed by atoms with van der Waals surface area (Å²) in [5, 5.41) is 9.07. The Morgan fingerprint density at radius 2 is 2.15 bits per heavy atom. The summed E-state index contributed by atoms with van der Waals surface area (Å²) in [6.45, 7) is 3.19. The van der Waals surface area contributed by atoms with Crippen molar-refractivity contribution in [3.8, 4) is 0 Å². The van der Waals surface area contributed by atoms with Crippen molar-refractivity contribution in [1.29, 1.82) is 0 Å². The summed E-state index contributed by atoms with van der Waals surface area (Å²) in [5.41, 5.74) is 3.32. The summed E-state index contributed by atoms with van der Waals surface area (Å²) in [4.78, 5) is 29.8. The van der Waals surface area contributed by atoms with Crippen molar-refractivity contribution < 1.29 is 18.7 Å². The van der Waals surface area contributed by atoms with Crippen LogP contribution in [0.25, 0.3) is 11.0 Å². The maximum absolute atomic E-state index is 14.6. The molecule has 1 aliphatic rings. The number of pyridine rings is 2. The second-order valence-electron chi connectivity index (χ2n) is 7.15. The Bertz CT molecular complexity index is 948. The Kier molecular flexibility index (Phi) is 5.77. The topological polar surface area (TPSA) is 101 Å². The zero-order valence-electron chi connectivity index (χ0n) is 14.9. The molecule has 10 heteroatoms. The van der Waals surface area contributed by atoms with Crippen LogP contribution in [0.5, 0.6) is 0 Å². The molecule has 0 spiro atoms. The number of fused-ring (bicyclic) bond motifs is 1. The first-order valence-corrected chi connectivity index (χ1v) is 8.22. The van der Waals surface area contributed by atoms with Crippen molar-refractivity contribution in [2.45, 2.75) is 31.8 Å². The van der Waals surface area contributed by atoms with E-state index in [1.807, 2.05) is 0 Å². The molecule has 0 amide bonds. The van der Waals surface area contributed by atoms with Gasteiger partial charge >= 0.3 is 5.97 Å². The zero-order chi connectivity index (χ0) is 19.2. The highest BCUT2D eigenvalue weighted by atomic mass is 35.5. The molecule has 3 N–H and O–H groups in total. The summed E-state index contributed by atoms with van der Waals surface area (Å²) >= 11 is 0. The summed E-state index contributed by atoms with van der Waals surface area (Å²) in [5.74, 6) is -2.18. The summed E-state index contributed by atoms with van der Waals surface area (Å²) in [6, 6.07) is 0.868. The molecule has 7 nitrogen and oxygen atoms in total. The fraction of sp³-hybridized carbons (Fsp3) is 0.471. The van der Waals surface area contributed by atoms with Gasteiger partial charge in [0.1, 0.15) is 17.9 Å². The Labute approximate surface area is 160 Å². The molecule has 0 saturated carbocycles. The van der Waals surface area contributed by atoms with Gasteiger partial charge in [0.25, 0.3) is 0 Å². The van der Waals surface area contributed by atoms with Crippen LogP contribution in [0.4, 0.5) is 14.6 Å². The van der Waals surface area contributed by atoms with E-state index in [0.717, 1.165) is 12.3 Å². The quantitative estimate of drug-likeness (QED) is 0.809. The largest absolute Gasteiger partial charge is 0.477 e. The van der Waals surface area contributed by atoms with Crippen LogP contribution in [0, 0.1) is 5.82 Å². The van der Waals surface area contributed by atoms with E-state index < -0.39 is 35.0 Å². The Hall–Kier alpha value is -2.26. The van der Waals surface area contributed by atoms with Gasteiger partial charge in [0, 0.05) is 25.3 Å². The number of nitrogens with two attached hydrogens (primary N) is 1. The molecule has 148 valence electrons. The second-order valence-corrected chi connectivity index (χ2v) is 7.15. The number of anilines is 1. The molecule has 3 heterocycles. The number of carboxylic acid groups (broad SMARTS) is 1. The van der Waals surface area contributed by atoms with E-state index in [2.05, 4.69) is 4.98 Å². The van der Waals surface area contributed by atoms with Gasteiger partial charge in [-0.2, -0.15) is 0 Å². The van der Waals surface area contributed by atoms with E-state index in [-0.39, 0.29) is 35.3 Å². The SMILES string of the molecule is CC(C)(CF)n1cc(C(=O)O)c(=O)c2cc(F)c(N3CC[C@H](N)C3)nc21.Cl. The number of nitrogens with zero attached hydrogens (tertiary/aromatic N) is 3. The summed E-state index contributed by atoms with van der Waals surface area (Å²) in [7, 11) is 0. The molecule has 27 heavy (non-hydrogen) atoms. The molecule has 1 saturated heterocycles. The van der Waals surface area contributed by atoms with Gasteiger partial charge < -0.3 is 20.3 Å². The average Bonchev–Trinajstić information content (AvgIpc) is 3.00. The average molecular weight is 403 g/mol. The van der Waals surface area contributed by atoms with Crippen LogP contribution in [-0.2, 0) is 5.54 Å². The Balaban J connectivity index is 0.00000261. The first kappa shape index (κ1) is 21.0. The molecule has 1 fully saturated rings. The van der Waals surface area contributed by atoms with E-state index in [1.165, 1.54) is 4.57 Å². The van der Waals surface area contributed by atoms with Crippen LogP contribution < -0.4 is 16.1 Å². The van der Waals surface area contributed by atoms with E-state index in [9.17, 15) is 23.5 Å². The molecule has 2 aromatic heterocycles. The van der Waals surface area contributed by atoms with Crippen molar-refractivity contribution >= 4 is 35.2 Å². The van der Waals surface area contributed by atoms with Crippen molar-refractivity contribution in [2.24, 2.45) is 5.73 Å². The Morgan fingerprint density at radius 1 is 1.48 bits per heavy atom. The highest BCUT2D eigenvalue weighted by Gasteiger charge is 2.29. The fourth-order valence-electron chi connectivity index (χ4n) is 3.09. The van der Waals surface area contributed by atoms with Gasteiger partial charge in [-0.1, -0.05) is 0 Å². The highest BCUT2D eigenvalue weighted by Crippen LogP contribution is 2.27. The lowest BCUT2D eigenvalue weighted by Gasteiger charge is -2.27.